The van der Waals surface area contributed by atoms with Crippen molar-refractivity contribution in [3.05, 3.63) is 23.8 Å². The lowest BCUT2D eigenvalue weighted by atomic mass is 9.70. The third kappa shape index (κ3) is 4.20. The number of hydrogen-bond donors (Lipinski definition) is 1. The maximum absolute atomic E-state index is 10.7. The predicted octanol–water partition coefficient (Wildman–Crippen LogP) is 3.13. The molecule has 0 radical (unpaired) electrons. The molecular weight excluding hydrogens is 392 g/mol. The Bertz CT molecular complexity index is 787. The van der Waals surface area contributed by atoms with Gasteiger partial charge < -0.3 is 19.3 Å². The maximum atomic E-state index is 10.7. The number of piperazine rings is 1. The molecule has 5 rings (SSSR count). The minimum atomic E-state index is -0.418. The average Bonchev–Trinajstić information content (AvgIpc) is 3.40. The Morgan fingerprint density at radius 2 is 1.84 bits per heavy atom. The van der Waals surface area contributed by atoms with E-state index in [2.05, 4.69) is 42.7 Å². The lowest BCUT2D eigenvalue weighted by Gasteiger charge is -2.43. The molecule has 2 saturated carbocycles. The fourth-order valence-corrected chi connectivity index (χ4v) is 6.66. The van der Waals surface area contributed by atoms with E-state index in [4.69, 9.17) is 14.2 Å². The van der Waals surface area contributed by atoms with Crippen LogP contribution in [-0.2, 0) is 11.3 Å². The molecule has 2 aliphatic carbocycles. The second-order valence-electron chi connectivity index (χ2n) is 11.0. The third-order valence-corrected chi connectivity index (χ3v) is 8.37. The Kier molecular flexibility index (Phi) is 5.70. The first-order chi connectivity index (χ1) is 14.8. The van der Waals surface area contributed by atoms with Crippen LogP contribution in [0.1, 0.15) is 45.6 Å². The van der Waals surface area contributed by atoms with Gasteiger partial charge >= 0.3 is 0 Å². The summed E-state index contributed by atoms with van der Waals surface area (Å²) in [5.41, 5.74) is 1.79. The summed E-state index contributed by atoms with van der Waals surface area (Å²) in [7, 11) is 0. The molecule has 2 heterocycles. The lowest BCUT2D eigenvalue weighted by molar-refractivity contribution is -0.114. The van der Waals surface area contributed by atoms with Crippen molar-refractivity contribution >= 4 is 0 Å². The van der Waals surface area contributed by atoms with E-state index >= 15 is 0 Å². The molecule has 1 aromatic rings. The summed E-state index contributed by atoms with van der Waals surface area (Å²) < 4.78 is 17.3. The molecule has 4 atom stereocenters. The number of ether oxygens (including phenoxy) is 3. The van der Waals surface area contributed by atoms with Crippen LogP contribution in [0.2, 0.25) is 0 Å². The minimum absolute atomic E-state index is 0.229. The van der Waals surface area contributed by atoms with E-state index in [0.29, 0.717) is 25.4 Å². The van der Waals surface area contributed by atoms with Crippen molar-refractivity contribution in [1.29, 1.82) is 0 Å². The summed E-state index contributed by atoms with van der Waals surface area (Å²) in [6.45, 7) is 13.5. The van der Waals surface area contributed by atoms with Crippen molar-refractivity contribution in [2.24, 2.45) is 16.7 Å². The summed E-state index contributed by atoms with van der Waals surface area (Å²) in [4.78, 5) is 4.84. The Labute approximate surface area is 186 Å². The quantitative estimate of drug-likeness (QED) is 0.717. The number of rotatable bonds is 7. The highest BCUT2D eigenvalue weighted by Crippen LogP contribution is 2.63. The fourth-order valence-electron chi connectivity index (χ4n) is 6.66. The van der Waals surface area contributed by atoms with Crippen LogP contribution in [0.15, 0.2) is 18.2 Å². The standard InChI is InChI=1S/C25H38N2O4/c1-24(2)19-6-7-25(3,13-19)23(24)29-16-20(28)15-27-10-8-26(9-11-27)14-18-4-5-21-22(12-18)31-17-30-21/h4-5,12,19-20,23,28H,6-11,13-17H2,1-3H3/t19-,20-,23-,25+/m1/s1. The highest BCUT2D eigenvalue weighted by Gasteiger charge is 2.60. The van der Waals surface area contributed by atoms with Gasteiger partial charge in [-0.3, -0.25) is 9.80 Å². The van der Waals surface area contributed by atoms with Gasteiger partial charge in [-0.15, -0.1) is 0 Å². The zero-order chi connectivity index (χ0) is 21.6. The van der Waals surface area contributed by atoms with Crippen molar-refractivity contribution in [2.45, 2.75) is 58.8 Å². The molecular formula is C25H38N2O4. The zero-order valence-electron chi connectivity index (χ0n) is 19.3. The van der Waals surface area contributed by atoms with Crippen LogP contribution in [0, 0.1) is 16.7 Å². The molecule has 31 heavy (non-hydrogen) atoms. The summed E-state index contributed by atoms with van der Waals surface area (Å²) in [5.74, 6) is 2.47. The Morgan fingerprint density at radius 3 is 2.58 bits per heavy atom. The summed E-state index contributed by atoms with van der Waals surface area (Å²) in [6, 6.07) is 6.22. The van der Waals surface area contributed by atoms with E-state index in [0.717, 1.165) is 50.1 Å². The molecule has 3 fully saturated rings. The van der Waals surface area contributed by atoms with Gasteiger partial charge in [0.2, 0.25) is 6.79 Å². The molecule has 6 nitrogen and oxygen atoms in total. The molecule has 1 N–H and O–H groups in total. The number of nitrogens with zero attached hydrogens (tertiary/aromatic N) is 2. The third-order valence-electron chi connectivity index (χ3n) is 8.37. The number of benzene rings is 1. The molecule has 4 aliphatic rings. The Morgan fingerprint density at radius 1 is 1.10 bits per heavy atom. The predicted molar refractivity (Wildman–Crippen MR) is 119 cm³/mol. The van der Waals surface area contributed by atoms with E-state index in [1.807, 2.05) is 6.07 Å². The molecule has 6 heteroatoms. The normalized spacial score (nSPS) is 33.2. The molecule has 0 aromatic heterocycles. The van der Waals surface area contributed by atoms with Crippen LogP contribution in [0.4, 0.5) is 0 Å². The number of hydrogen-bond acceptors (Lipinski definition) is 6. The van der Waals surface area contributed by atoms with Gasteiger partial charge in [0.15, 0.2) is 11.5 Å². The van der Waals surface area contributed by atoms with Crippen LogP contribution in [-0.4, -0.2) is 73.2 Å². The molecule has 2 bridgehead atoms. The molecule has 172 valence electrons. The summed E-state index contributed by atoms with van der Waals surface area (Å²) >= 11 is 0. The van der Waals surface area contributed by atoms with E-state index in [1.165, 1.54) is 24.8 Å². The van der Waals surface area contributed by atoms with Crippen LogP contribution in [0.3, 0.4) is 0 Å². The first-order valence-corrected chi connectivity index (χ1v) is 12.0. The smallest absolute Gasteiger partial charge is 0.231 e. The minimum Gasteiger partial charge on any atom is -0.454 e. The van der Waals surface area contributed by atoms with Gasteiger partial charge in [0.05, 0.1) is 18.8 Å². The van der Waals surface area contributed by atoms with Crippen LogP contribution in [0.25, 0.3) is 0 Å². The fraction of sp³-hybridized carbons (Fsp3) is 0.760. The van der Waals surface area contributed by atoms with Gasteiger partial charge in [-0.05, 0) is 53.7 Å². The number of β-amino-alcohol motifs (C(OH)–C–C–N with tert-alkyl or cyclic N) is 1. The average molecular weight is 431 g/mol. The van der Waals surface area contributed by atoms with E-state index in [9.17, 15) is 5.11 Å². The van der Waals surface area contributed by atoms with E-state index in [-0.39, 0.29) is 11.5 Å². The highest BCUT2D eigenvalue weighted by atomic mass is 16.7. The van der Waals surface area contributed by atoms with Gasteiger partial charge in [-0.25, -0.2) is 0 Å². The second kappa shape index (κ2) is 8.22. The Balaban J connectivity index is 1.05. The SMILES string of the molecule is CC1(C)[C@@H]2CC[C@@](C)(C2)[C@@H]1OC[C@H](O)CN1CCN(Cc2ccc3c(c2)OCO3)CC1. The van der Waals surface area contributed by atoms with Crippen molar-refractivity contribution in [3.8, 4) is 11.5 Å². The summed E-state index contributed by atoms with van der Waals surface area (Å²) in [5, 5.41) is 10.7. The van der Waals surface area contributed by atoms with E-state index in [1.54, 1.807) is 0 Å². The van der Waals surface area contributed by atoms with Gasteiger partial charge in [0.1, 0.15) is 0 Å². The number of aliphatic hydroxyl groups excluding tert-OH is 1. The number of aliphatic hydroxyl groups is 1. The van der Waals surface area contributed by atoms with Crippen LogP contribution in [0.5, 0.6) is 11.5 Å². The van der Waals surface area contributed by atoms with Crippen molar-refractivity contribution in [2.75, 3.05) is 46.1 Å². The first kappa shape index (κ1) is 21.5. The van der Waals surface area contributed by atoms with Gasteiger partial charge in [0, 0.05) is 39.3 Å². The highest BCUT2D eigenvalue weighted by molar-refractivity contribution is 5.44. The lowest BCUT2D eigenvalue weighted by Crippen LogP contribution is -2.49. The van der Waals surface area contributed by atoms with Crippen molar-refractivity contribution < 1.29 is 19.3 Å². The molecule has 2 aliphatic heterocycles. The maximum Gasteiger partial charge on any atom is 0.231 e. The van der Waals surface area contributed by atoms with Crippen molar-refractivity contribution in [3.63, 3.8) is 0 Å². The van der Waals surface area contributed by atoms with Crippen LogP contribution < -0.4 is 9.47 Å². The largest absolute Gasteiger partial charge is 0.454 e. The van der Waals surface area contributed by atoms with E-state index < -0.39 is 6.10 Å². The Hall–Kier alpha value is -1.34. The van der Waals surface area contributed by atoms with Gasteiger partial charge in [0.25, 0.3) is 0 Å². The molecule has 0 unspecified atom stereocenters. The van der Waals surface area contributed by atoms with Gasteiger partial charge in [-0.1, -0.05) is 26.8 Å². The molecule has 1 aromatic carbocycles. The topological polar surface area (TPSA) is 54.4 Å². The second-order valence-corrected chi connectivity index (χ2v) is 11.0. The van der Waals surface area contributed by atoms with Gasteiger partial charge in [-0.2, -0.15) is 0 Å². The molecule has 1 saturated heterocycles. The summed E-state index contributed by atoms with van der Waals surface area (Å²) in [6.07, 6.45) is 3.74. The van der Waals surface area contributed by atoms with Crippen LogP contribution >= 0.6 is 0 Å². The molecule has 0 amide bonds. The zero-order valence-corrected chi connectivity index (χ0v) is 19.3. The molecule has 0 spiro atoms. The first-order valence-electron chi connectivity index (χ1n) is 12.0. The number of fused-ring (bicyclic) bond motifs is 3. The van der Waals surface area contributed by atoms with Crippen molar-refractivity contribution in [1.82, 2.24) is 9.80 Å². The monoisotopic (exact) mass is 430 g/mol.